The van der Waals surface area contributed by atoms with Gasteiger partial charge in [-0.3, -0.25) is 4.79 Å². The van der Waals surface area contributed by atoms with Crippen molar-refractivity contribution in [2.24, 2.45) is 0 Å². The lowest BCUT2D eigenvalue weighted by atomic mass is 10.1. The Balaban J connectivity index is 1.66. The topological polar surface area (TPSA) is 58.4 Å². The first-order valence-corrected chi connectivity index (χ1v) is 8.13. The van der Waals surface area contributed by atoms with Gasteiger partial charge in [-0.1, -0.05) is 11.6 Å². The molecule has 0 radical (unpaired) electrons. The zero-order chi connectivity index (χ0) is 16.4. The van der Waals surface area contributed by atoms with Crippen LogP contribution in [-0.2, 0) is 11.2 Å². The van der Waals surface area contributed by atoms with Gasteiger partial charge in [0.1, 0.15) is 6.26 Å². The van der Waals surface area contributed by atoms with Crippen molar-refractivity contribution in [3.05, 3.63) is 41.2 Å². The maximum atomic E-state index is 12.4. The second-order valence-corrected chi connectivity index (χ2v) is 6.53. The van der Waals surface area contributed by atoms with Crippen LogP contribution in [0.15, 0.2) is 34.9 Å². The molecule has 1 N–H and O–H groups in total. The van der Waals surface area contributed by atoms with Crippen LogP contribution < -0.4 is 5.32 Å². The summed E-state index contributed by atoms with van der Waals surface area (Å²) in [5.74, 6) is 0.590. The molecule has 2 aromatic rings. The van der Waals surface area contributed by atoms with Crippen LogP contribution >= 0.6 is 11.6 Å². The Morgan fingerprint density at radius 1 is 1.30 bits per heavy atom. The third kappa shape index (κ3) is 3.92. The summed E-state index contributed by atoms with van der Waals surface area (Å²) < 4.78 is 5.48. The predicted molar refractivity (Wildman–Crippen MR) is 89.3 cm³/mol. The Bertz CT molecular complexity index is 673. The molecule has 122 valence electrons. The number of nitrogens with one attached hydrogen (secondary N) is 1. The molecular weight excluding hydrogens is 314 g/mol. The maximum absolute atomic E-state index is 12.4. The molecule has 1 aromatic carbocycles. The van der Waals surface area contributed by atoms with Crippen LogP contribution in [0.2, 0.25) is 5.02 Å². The highest BCUT2D eigenvalue weighted by Gasteiger charge is 2.25. The van der Waals surface area contributed by atoms with Crippen LogP contribution in [0.5, 0.6) is 0 Å². The van der Waals surface area contributed by atoms with Gasteiger partial charge in [-0.05, 0) is 38.1 Å². The van der Waals surface area contributed by atoms with E-state index in [1.165, 1.54) is 0 Å². The zero-order valence-corrected chi connectivity index (χ0v) is 14.0. The van der Waals surface area contributed by atoms with Crippen LogP contribution in [0.3, 0.4) is 0 Å². The van der Waals surface area contributed by atoms with E-state index in [4.69, 9.17) is 16.0 Å². The van der Waals surface area contributed by atoms with Crippen LogP contribution in [0.1, 0.15) is 19.5 Å². The fraction of sp³-hybridized carbons (Fsp3) is 0.412. The second-order valence-electron chi connectivity index (χ2n) is 6.10. The number of benzene rings is 1. The molecule has 6 heteroatoms. The molecular formula is C17H20ClN3O2. The van der Waals surface area contributed by atoms with Crippen LogP contribution in [0.4, 0.5) is 0 Å². The number of carbonyl (C=O) groups is 1. The Morgan fingerprint density at radius 2 is 1.96 bits per heavy atom. The first kappa shape index (κ1) is 16.0. The number of piperazine rings is 1. The summed E-state index contributed by atoms with van der Waals surface area (Å²) in [4.78, 5) is 18.7. The lowest BCUT2D eigenvalue weighted by Crippen LogP contribution is -2.56. The van der Waals surface area contributed by atoms with Gasteiger partial charge in [0.15, 0.2) is 0 Å². The van der Waals surface area contributed by atoms with Crippen molar-refractivity contribution in [1.29, 1.82) is 0 Å². The van der Waals surface area contributed by atoms with E-state index in [-0.39, 0.29) is 12.3 Å². The minimum absolute atomic E-state index is 0.0844. The quantitative estimate of drug-likeness (QED) is 0.938. The van der Waals surface area contributed by atoms with Crippen LogP contribution in [0, 0.1) is 0 Å². The number of amides is 1. The van der Waals surface area contributed by atoms with E-state index in [0.717, 1.165) is 18.7 Å². The highest BCUT2D eigenvalue weighted by molar-refractivity contribution is 6.30. The summed E-state index contributed by atoms with van der Waals surface area (Å²) in [6.45, 7) is 5.63. The number of hydrogen-bond donors (Lipinski definition) is 1. The fourth-order valence-corrected chi connectivity index (χ4v) is 3.04. The molecule has 2 heterocycles. The number of hydrogen-bond acceptors (Lipinski definition) is 4. The normalized spacial score (nSPS) is 21.4. The van der Waals surface area contributed by atoms with E-state index >= 15 is 0 Å². The van der Waals surface area contributed by atoms with Crippen molar-refractivity contribution in [2.75, 3.05) is 13.1 Å². The molecule has 23 heavy (non-hydrogen) atoms. The van der Waals surface area contributed by atoms with E-state index in [9.17, 15) is 4.79 Å². The SMILES string of the molecule is C[C@H]1CN(C(=O)Cc2coc(-c3ccc(Cl)cc3)n2)C[C@H](C)N1. The summed E-state index contributed by atoms with van der Waals surface area (Å²) >= 11 is 5.88. The van der Waals surface area contributed by atoms with Gasteiger partial charge in [0.2, 0.25) is 11.8 Å². The predicted octanol–water partition coefficient (Wildman–Crippen LogP) is 2.75. The van der Waals surface area contributed by atoms with E-state index in [2.05, 4.69) is 24.1 Å². The summed E-state index contributed by atoms with van der Waals surface area (Å²) in [6, 6.07) is 7.89. The molecule has 1 saturated heterocycles. The Morgan fingerprint density at radius 3 is 2.61 bits per heavy atom. The third-order valence-electron chi connectivity index (χ3n) is 3.89. The standard InChI is InChI=1S/C17H20ClN3O2/c1-11-8-21(9-12(2)19-11)16(22)7-15-10-23-17(20-15)13-3-5-14(18)6-4-13/h3-6,10-12,19H,7-9H2,1-2H3/t11-,12-/m0/s1. The lowest BCUT2D eigenvalue weighted by Gasteiger charge is -2.36. The lowest BCUT2D eigenvalue weighted by molar-refractivity contribution is -0.132. The minimum atomic E-state index is 0.0844. The molecule has 0 unspecified atom stereocenters. The number of nitrogens with zero attached hydrogens (tertiary/aromatic N) is 2. The summed E-state index contributed by atoms with van der Waals surface area (Å²) in [7, 11) is 0. The van der Waals surface area contributed by atoms with Crippen molar-refractivity contribution < 1.29 is 9.21 Å². The molecule has 2 atom stereocenters. The molecule has 1 fully saturated rings. The van der Waals surface area contributed by atoms with Gasteiger partial charge in [0, 0.05) is 35.8 Å². The minimum Gasteiger partial charge on any atom is -0.444 e. The molecule has 1 aromatic heterocycles. The number of oxazole rings is 1. The molecule has 5 nitrogen and oxygen atoms in total. The van der Waals surface area contributed by atoms with Crippen molar-refractivity contribution in [1.82, 2.24) is 15.2 Å². The molecule has 1 aliphatic rings. The largest absolute Gasteiger partial charge is 0.444 e. The highest BCUT2D eigenvalue weighted by Crippen LogP contribution is 2.21. The molecule has 3 rings (SSSR count). The van der Waals surface area contributed by atoms with E-state index in [0.29, 0.717) is 28.7 Å². The fourth-order valence-electron chi connectivity index (χ4n) is 2.91. The number of rotatable bonds is 3. The smallest absolute Gasteiger partial charge is 0.228 e. The number of carbonyl (C=O) groups excluding carboxylic acids is 1. The number of halogens is 1. The van der Waals surface area contributed by atoms with Gasteiger partial charge in [0.25, 0.3) is 0 Å². The van der Waals surface area contributed by atoms with Gasteiger partial charge < -0.3 is 14.6 Å². The molecule has 1 aliphatic heterocycles. The van der Waals surface area contributed by atoms with Crippen molar-refractivity contribution in [3.63, 3.8) is 0 Å². The Labute approximate surface area is 140 Å². The molecule has 0 bridgehead atoms. The van der Waals surface area contributed by atoms with E-state index in [1.807, 2.05) is 17.0 Å². The molecule has 0 spiro atoms. The summed E-state index contributed by atoms with van der Waals surface area (Å²) in [5.41, 5.74) is 1.50. The molecule has 0 saturated carbocycles. The van der Waals surface area contributed by atoms with Gasteiger partial charge >= 0.3 is 0 Å². The first-order chi connectivity index (χ1) is 11.0. The van der Waals surface area contributed by atoms with Crippen molar-refractivity contribution >= 4 is 17.5 Å². The van der Waals surface area contributed by atoms with Gasteiger partial charge in [-0.2, -0.15) is 0 Å². The van der Waals surface area contributed by atoms with Gasteiger partial charge in [0.05, 0.1) is 12.1 Å². The maximum Gasteiger partial charge on any atom is 0.228 e. The van der Waals surface area contributed by atoms with E-state index in [1.54, 1.807) is 18.4 Å². The molecule has 1 amide bonds. The molecule has 0 aliphatic carbocycles. The Kier molecular flexibility index (Phi) is 4.68. The Hall–Kier alpha value is -1.85. The van der Waals surface area contributed by atoms with Crippen LogP contribution in [-0.4, -0.2) is 41.0 Å². The first-order valence-electron chi connectivity index (χ1n) is 7.75. The highest BCUT2D eigenvalue weighted by atomic mass is 35.5. The van der Waals surface area contributed by atoms with Crippen LogP contribution in [0.25, 0.3) is 11.5 Å². The monoisotopic (exact) mass is 333 g/mol. The number of aromatic nitrogens is 1. The van der Waals surface area contributed by atoms with Gasteiger partial charge in [-0.25, -0.2) is 4.98 Å². The van der Waals surface area contributed by atoms with Crippen molar-refractivity contribution in [3.8, 4) is 11.5 Å². The van der Waals surface area contributed by atoms with Gasteiger partial charge in [-0.15, -0.1) is 0 Å². The summed E-state index contributed by atoms with van der Waals surface area (Å²) in [5, 5.41) is 4.08. The third-order valence-corrected chi connectivity index (χ3v) is 4.14. The second kappa shape index (κ2) is 6.72. The van der Waals surface area contributed by atoms with E-state index < -0.39 is 0 Å². The average Bonchev–Trinajstić information content (AvgIpc) is 2.95. The summed E-state index contributed by atoms with van der Waals surface area (Å²) in [6.07, 6.45) is 1.81. The zero-order valence-electron chi connectivity index (χ0n) is 13.3. The van der Waals surface area contributed by atoms with Crippen molar-refractivity contribution in [2.45, 2.75) is 32.4 Å². The average molecular weight is 334 g/mol.